The standard InChI is InChI=1S/C13H18N6O3/c1-5-19-8-14-15-10(19)7-16(2)12(21)9-6-11(20)18(4)13(22)17(9)3/h6,8H,5,7H2,1-4H3. The molecule has 118 valence electrons. The Morgan fingerprint density at radius 1 is 1.27 bits per heavy atom. The molecule has 0 N–H and O–H groups in total. The minimum atomic E-state index is -0.541. The first-order valence-corrected chi connectivity index (χ1v) is 6.76. The Morgan fingerprint density at radius 2 is 1.95 bits per heavy atom. The van der Waals surface area contributed by atoms with E-state index in [9.17, 15) is 14.4 Å². The molecular weight excluding hydrogens is 288 g/mol. The second-order valence-electron chi connectivity index (χ2n) is 4.96. The molecule has 2 rings (SSSR count). The smallest absolute Gasteiger partial charge is 0.331 e. The maximum atomic E-state index is 12.5. The molecule has 2 heterocycles. The summed E-state index contributed by atoms with van der Waals surface area (Å²) in [6.07, 6.45) is 1.58. The molecule has 0 aliphatic heterocycles. The zero-order valence-electron chi connectivity index (χ0n) is 13.0. The van der Waals surface area contributed by atoms with E-state index in [1.807, 2.05) is 11.5 Å². The van der Waals surface area contributed by atoms with E-state index in [4.69, 9.17) is 0 Å². The molecule has 2 aromatic heterocycles. The number of amides is 1. The van der Waals surface area contributed by atoms with Crippen LogP contribution in [0.15, 0.2) is 22.0 Å². The molecule has 9 nitrogen and oxygen atoms in total. The van der Waals surface area contributed by atoms with Crippen molar-refractivity contribution in [3.05, 3.63) is 44.8 Å². The van der Waals surface area contributed by atoms with E-state index in [1.165, 1.54) is 19.0 Å². The molecule has 0 bridgehead atoms. The maximum absolute atomic E-state index is 12.5. The van der Waals surface area contributed by atoms with Gasteiger partial charge in [-0.05, 0) is 6.92 Å². The fourth-order valence-corrected chi connectivity index (χ4v) is 2.08. The van der Waals surface area contributed by atoms with Gasteiger partial charge in [-0.2, -0.15) is 0 Å². The van der Waals surface area contributed by atoms with E-state index in [-0.39, 0.29) is 12.2 Å². The van der Waals surface area contributed by atoms with Gasteiger partial charge in [-0.1, -0.05) is 0 Å². The van der Waals surface area contributed by atoms with Gasteiger partial charge in [0.1, 0.15) is 12.0 Å². The lowest BCUT2D eigenvalue weighted by molar-refractivity contribution is 0.0768. The van der Waals surface area contributed by atoms with Crippen LogP contribution in [0, 0.1) is 0 Å². The fourth-order valence-electron chi connectivity index (χ4n) is 2.08. The van der Waals surface area contributed by atoms with Crippen LogP contribution in [0.3, 0.4) is 0 Å². The van der Waals surface area contributed by atoms with Crippen molar-refractivity contribution in [2.45, 2.75) is 20.0 Å². The largest absolute Gasteiger partial charge is 0.333 e. The summed E-state index contributed by atoms with van der Waals surface area (Å²) in [6.45, 7) is 2.87. The first kappa shape index (κ1) is 15.7. The van der Waals surface area contributed by atoms with E-state index in [1.54, 1.807) is 13.4 Å². The van der Waals surface area contributed by atoms with Crippen molar-refractivity contribution in [3.8, 4) is 0 Å². The average Bonchev–Trinajstić information content (AvgIpc) is 2.95. The Labute approximate surface area is 126 Å². The van der Waals surface area contributed by atoms with Gasteiger partial charge in [0, 0.05) is 33.8 Å². The number of nitrogens with zero attached hydrogens (tertiary/aromatic N) is 6. The molecule has 0 fully saturated rings. The van der Waals surface area contributed by atoms with E-state index in [0.29, 0.717) is 12.4 Å². The number of rotatable bonds is 4. The summed E-state index contributed by atoms with van der Waals surface area (Å²) in [4.78, 5) is 37.5. The molecule has 22 heavy (non-hydrogen) atoms. The van der Waals surface area contributed by atoms with Crippen LogP contribution in [0.25, 0.3) is 0 Å². The highest BCUT2D eigenvalue weighted by Crippen LogP contribution is 2.04. The SMILES string of the molecule is CCn1cnnc1CN(C)C(=O)c1cc(=O)n(C)c(=O)n1C. The van der Waals surface area contributed by atoms with Crippen molar-refractivity contribution in [1.29, 1.82) is 0 Å². The zero-order chi connectivity index (χ0) is 16.4. The molecular formula is C13H18N6O3. The Balaban J connectivity index is 2.32. The van der Waals surface area contributed by atoms with E-state index < -0.39 is 17.2 Å². The highest BCUT2D eigenvalue weighted by molar-refractivity contribution is 5.92. The molecule has 0 unspecified atom stereocenters. The second-order valence-corrected chi connectivity index (χ2v) is 4.96. The van der Waals surface area contributed by atoms with Gasteiger partial charge >= 0.3 is 5.69 Å². The van der Waals surface area contributed by atoms with Gasteiger partial charge in [0.15, 0.2) is 5.82 Å². The predicted molar refractivity (Wildman–Crippen MR) is 78.4 cm³/mol. The minimum Gasteiger partial charge on any atom is -0.333 e. The third kappa shape index (κ3) is 2.69. The van der Waals surface area contributed by atoms with Crippen LogP contribution in [0.1, 0.15) is 23.2 Å². The molecule has 2 aromatic rings. The van der Waals surface area contributed by atoms with Crippen molar-refractivity contribution in [2.24, 2.45) is 14.1 Å². The molecule has 0 aliphatic rings. The van der Waals surface area contributed by atoms with Crippen LogP contribution in [-0.4, -0.2) is 41.8 Å². The molecule has 0 atom stereocenters. The number of hydrogen-bond acceptors (Lipinski definition) is 5. The van der Waals surface area contributed by atoms with Gasteiger partial charge in [0.25, 0.3) is 11.5 Å². The molecule has 0 radical (unpaired) electrons. The van der Waals surface area contributed by atoms with Crippen LogP contribution < -0.4 is 11.2 Å². The summed E-state index contributed by atoms with van der Waals surface area (Å²) < 4.78 is 3.92. The van der Waals surface area contributed by atoms with Crippen molar-refractivity contribution in [1.82, 2.24) is 28.8 Å². The summed E-state index contributed by atoms with van der Waals surface area (Å²) in [6, 6.07) is 1.16. The van der Waals surface area contributed by atoms with Crippen molar-refractivity contribution >= 4 is 5.91 Å². The number of carbonyl (C=O) groups is 1. The van der Waals surface area contributed by atoms with Crippen LogP contribution >= 0.6 is 0 Å². The van der Waals surface area contributed by atoms with Gasteiger partial charge < -0.3 is 9.47 Å². The first-order valence-electron chi connectivity index (χ1n) is 6.76. The lowest BCUT2D eigenvalue weighted by Crippen LogP contribution is -2.41. The molecule has 1 amide bonds. The third-order valence-corrected chi connectivity index (χ3v) is 3.51. The van der Waals surface area contributed by atoms with Crippen LogP contribution in [-0.2, 0) is 27.2 Å². The maximum Gasteiger partial charge on any atom is 0.331 e. The monoisotopic (exact) mass is 306 g/mol. The molecule has 0 saturated heterocycles. The lowest BCUT2D eigenvalue weighted by atomic mass is 10.3. The van der Waals surface area contributed by atoms with Gasteiger partial charge in [-0.25, -0.2) is 4.79 Å². The highest BCUT2D eigenvalue weighted by atomic mass is 16.2. The quantitative estimate of drug-likeness (QED) is 0.719. The van der Waals surface area contributed by atoms with E-state index in [2.05, 4.69) is 10.2 Å². The third-order valence-electron chi connectivity index (χ3n) is 3.51. The molecule has 9 heteroatoms. The Kier molecular flexibility index (Phi) is 4.25. The minimum absolute atomic E-state index is 0.0400. The average molecular weight is 306 g/mol. The number of hydrogen-bond donors (Lipinski definition) is 0. The predicted octanol–water partition coefficient (Wildman–Crippen LogP) is -1.03. The molecule has 0 aromatic carbocycles. The van der Waals surface area contributed by atoms with E-state index >= 15 is 0 Å². The van der Waals surface area contributed by atoms with Crippen molar-refractivity contribution in [3.63, 3.8) is 0 Å². The summed E-state index contributed by atoms with van der Waals surface area (Å²) >= 11 is 0. The van der Waals surface area contributed by atoms with E-state index in [0.717, 1.165) is 15.2 Å². The van der Waals surface area contributed by atoms with Crippen LogP contribution in [0.4, 0.5) is 0 Å². The van der Waals surface area contributed by atoms with Gasteiger partial charge in [-0.15, -0.1) is 10.2 Å². The number of aryl methyl sites for hydroxylation is 1. The van der Waals surface area contributed by atoms with Crippen LogP contribution in [0.2, 0.25) is 0 Å². The lowest BCUT2D eigenvalue weighted by Gasteiger charge is -2.18. The summed E-state index contributed by atoms with van der Waals surface area (Å²) in [5.74, 6) is 0.204. The summed E-state index contributed by atoms with van der Waals surface area (Å²) in [7, 11) is 4.41. The highest BCUT2D eigenvalue weighted by Gasteiger charge is 2.19. The first-order chi connectivity index (χ1) is 10.4. The molecule has 0 aliphatic carbocycles. The molecule has 0 spiro atoms. The van der Waals surface area contributed by atoms with Gasteiger partial charge in [0.2, 0.25) is 0 Å². The fraction of sp³-hybridized carbons (Fsp3) is 0.462. The Hall–Kier alpha value is -2.71. The van der Waals surface area contributed by atoms with Crippen molar-refractivity contribution in [2.75, 3.05) is 7.05 Å². The van der Waals surface area contributed by atoms with Crippen molar-refractivity contribution < 1.29 is 4.79 Å². The van der Waals surface area contributed by atoms with Crippen LogP contribution in [0.5, 0.6) is 0 Å². The van der Waals surface area contributed by atoms with Gasteiger partial charge in [0.05, 0.1) is 6.54 Å². The summed E-state index contributed by atoms with van der Waals surface area (Å²) in [5.41, 5.74) is -1.02. The zero-order valence-corrected chi connectivity index (χ0v) is 13.0. The Bertz CT molecular complexity index is 816. The molecule has 0 saturated carbocycles. The van der Waals surface area contributed by atoms with Gasteiger partial charge in [-0.3, -0.25) is 18.7 Å². The number of aromatic nitrogens is 5. The second kappa shape index (κ2) is 5.96. The summed E-state index contributed by atoms with van der Waals surface area (Å²) in [5, 5.41) is 7.76. The number of carbonyl (C=O) groups excluding carboxylic acids is 1. The topological polar surface area (TPSA) is 95.0 Å². The normalized spacial score (nSPS) is 10.7. The Morgan fingerprint density at radius 3 is 2.59 bits per heavy atom.